The van der Waals surface area contributed by atoms with Gasteiger partial charge >= 0.3 is 0 Å². The molecule has 1 aliphatic rings. The Morgan fingerprint density at radius 3 is 2.47 bits per heavy atom. The minimum atomic E-state index is -4.04. The molecule has 0 saturated heterocycles. The minimum absolute atomic E-state index is 0.295. The molecule has 0 saturated carbocycles. The molecule has 3 aromatic rings. The Morgan fingerprint density at radius 1 is 1.13 bits per heavy atom. The number of imidazole rings is 1. The summed E-state index contributed by atoms with van der Waals surface area (Å²) in [4.78, 5) is 2.13. The number of fused-ring (bicyclic) bond motifs is 2. The molecule has 0 bridgehead atoms. The Labute approximate surface area is 234 Å². The molecule has 7 nitrogen and oxygen atoms in total. The van der Waals surface area contributed by atoms with E-state index < -0.39 is 10.1 Å². The first kappa shape index (κ1) is 28.5. The average Bonchev–Trinajstić information content (AvgIpc) is 3.25. The summed E-state index contributed by atoms with van der Waals surface area (Å²) in [5.41, 5.74) is 4.80. The lowest BCUT2D eigenvalue weighted by Crippen LogP contribution is -2.35. The summed E-state index contributed by atoms with van der Waals surface area (Å²) in [5, 5.41) is 1.04. The van der Waals surface area contributed by atoms with Gasteiger partial charge in [-0.3, -0.25) is 4.55 Å². The van der Waals surface area contributed by atoms with Gasteiger partial charge in [-0.25, -0.2) is 9.13 Å². The molecule has 0 atom stereocenters. The maximum atomic E-state index is 11.4. The van der Waals surface area contributed by atoms with Crippen LogP contribution < -0.4 is 14.2 Å². The summed E-state index contributed by atoms with van der Waals surface area (Å²) in [6.07, 6.45) is 6.49. The first-order valence-corrected chi connectivity index (χ1v) is 15.0. The standard InChI is InChI=1S/C28H33Cl2N3O4S/c1-6-31-24-17-21(29)22(30)18-25(24)32(7-2)27(31)11-8-10-26-28(3,4)20-16-19(37-5)12-13-23(20)33(26)14-9-15-38(34,35)36/h8,10-13,16-18H,6-7,9,14-15H2,1-5H3/p+1. The van der Waals surface area contributed by atoms with Crippen molar-refractivity contribution >= 4 is 56.1 Å². The second kappa shape index (κ2) is 10.9. The van der Waals surface area contributed by atoms with Crippen LogP contribution in [0.5, 0.6) is 5.75 Å². The number of aromatic nitrogens is 2. The van der Waals surface area contributed by atoms with Gasteiger partial charge in [0, 0.05) is 41.6 Å². The molecule has 2 aromatic carbocycles. The van der Waals surface area contributed by atoms with E-state index in [1.165, 1.54) is 0 Å². The van der Waals surface area contributed by atoms with Gasteiger partial charge in [-0.1, -0.05) is 43.1 Å². The zero-order chi connectivity index (χ0) is 27.8. The first-order valence-electron chi connectivity index (χ1n) is 12.6. The van der Waals surface area contributed by atoms with Crippen molar-refractivity contribution in [2.24, 2.45) is 0 Å². The van der Waals surface area contributed by atoms with Crippen molar-refractivity contribution in [3.05, 3.63) is 69.6 Å². The fourth-order valence-corrected chi connectivity index (χ4v) is 6.16. The Hall–Kier alpha value is -2.52. The number of allylic oxidation sites excluding steroid dienone is 3. The molecule has 1 N–H and O–H groups in total. The van der Waals surface area contributed by atoms with Gasteiger partial charge in [-0.2, -0.15) is 8.42 Å². The van der Waals surface area contributed by atoms with E-state index in [-0.39, 0.29) is 11.2 Å². The second-order valence-electron chi connectivity index (χ2n) is 9.81. The van der Waals surface area contributed by atoms with Gasteiger partial charge in [0.05, 0.1) is 36.0 Å². The largest absolute Gasteiger partial charge is 0.497 e. The van der Waals surface area contributed by atoms with Gasteiger partial charge in [-0.05, 0) is 50.1 Å². The highest BCUT2D eigenvalue weighted by Gasteiger charge is 2.40. The van der Waals surface area contributed by atoms with Crippen molar-refractivity contribution in [3.63, 3.8) is 0 Å². The summed E-state index contributed by atoms with van der Waals surface area (Å²) >= 11 is 12.7. The average molecular weight is 580 g/mol. The van der Waals surface area contributed by atoms with Gasteiger partial charge < -0.3 is 9.64 Å². The molecule has 10 heteroatoms. The van der Waals surface area contributed by atoms with Crippen LogP contribution in [0, 0.1) is 0 Å². The van der Waals surface area contributed by atoms with Crippen LogP contribution in [0.25, 0.3) is 17.1 Å². The van der Waals surface area contributed by atoms with Gasteiger partial charge in [-0.15, -0.1) is 0 Å². The van der Waals surface area contributed by atoms with Crippen molar-refractivity contribution in [1.29, 1.82) is 0 Å². The van der Waals surface area contributed by atoms with Crippen molar-refractivity contribution in [3.8, 4) is 5.75 Å². The summed E-state index contributed by atoms with van der Waals surface area (Å²) < 4.78 is 41.9. The van der Waals surface area contributed by atoms with Crippen LogP contribution in [0.4, 0.5) is 5.69 Å². The SMILES string of the molecule is CCn1c(/C=C/C=C2/N(CCCS(=O)(=O)O)c3ccc(OC)cc3C2(C)C)[n+](CC)c2cc(Cl)c(Cl)cc21. The van der Waals surface area contributed by atoms with Gasteiger partial charge in [0.2, 0.25) is 0 Å². The van der Waals surface area contributed by atoms with Crippen LogP contribution in [-0.2, 0) is 28.6 Å². The molecule has 0 unspecified atom stereocenters. The normalized spacial score (nSPS) is 16.2. The summed E-state index contributed by atoms with van der Waals surface area (Å²) in [6, 6.07) is 9.76. The van der Waals surface area contributed by atoms with Gasteiger partial charge in [0.1, 0.15) is 5.75 Å². The van der Waals surface area contributed by atoms with E-state index in [1.54, 1.807) is 7.11 Å². The van der Waals surface area contributed by atoms with Crippen LogP contribution in [-0.4, -0.2) is 36.9 Å². The molecule has 38 heavy (non-hydrogen) atoms. The number of anilines is 1. The smallest absolute Gasteiger partial charge is 0.282 e. The molecule has 0 fully saturated rings. The highest BCUT2D eigenvalue weighted by atomic mass is 35.5. The molecule has 0 aliphatic carbocycles. The van der Waals surface area contributed by atoms with Crippen molar-refractivity contribution < 1.29 is 22.3 Å². The lowest BCUT2D eigenvalue weighted by atomic mass is 9.83. The third kappa shape index (κ3) is 5.32. The molecule has 204 valence electrons. The lowest BCUT2D eigenvalue weighted by molar-refractivity contribution is -0.670. The van der Waals surface area contributed by atoms with Crippen molar-refractivity contribution in [2.45, 2.75) is 52.6 Å². The number of nitrogens with zero attached hydrogens (tertiary/aromatic N) is 3. The van der Waals surface area contributed by atoms with Crippen molar-refractivity contribution in [2.75, 3.05) is 24.3 Å². The fourth-order valence-electron chi connectivity index (χ4n) is 5.35. The number of rotatable bonds is 9. The van der Waals surface area contributed by atoms with Crippen LogP contribution >= 0.6 is 23.2 Å². The Balaban J connectivity index is 1.79. The van der Waals surface area contributed by atoms with Crippen LogP contribution in [0.1, 0.15) is 45.5 Å². The zero-order valence-corrected chi connectivity index (χ0v) is 24.7. The molecule has 4 rings (SSSR count). The zero-order valence-electron chi connectivity index (χ0n) is 22.3. The maximum absolute atomic E-state index is 11.4. The maximum Gasteiger partial charge on any atom is 0.282 e. The molecule has 1 aliphatic heterocycles. The van der Waals surface area contributed by atoms with E-state index in [1.807, 2.05) is 36.4 Å². The van der Waals surface area contributed by atoms with E-state index in [0.29, 0.717) is 23.0 Å². The number of hydrogen-bond donors (Lipinski definition) is 1. The molecule has 1 aromatic heterocycles. The molecule has 0 radical (unpaired) electrons. The van der Waals surface area contributed by atoms with Gasteiger partial charge in [0.15, 0.2) is 11.0 Å². The van der Waals surface area contributed by atoms with Crippen LogP contribution in [0.15, 0.2) is 48.2 Å². The lowest BCUT2D eigenvalue weighted by Gasteiger charge is -2.26. The van der Waals surface area contributed by atoms with E-state index in [0.717, 1.165) is 52.6 Å². The predicted octanol–water partition coefficient (Wildman–Crippen LogP) is 6.26. The molecular formula is C28H34Cl2N3O4S+. The number of ether oxygens (including phenoxy) is 1. The third-order valence-corrected chi connectivity index (χ3v) is 8.69. The summed E-state index contributed by atoms with van der Waals surface area (Å²) in [6.45, 7) is 10.5. The minimum Gasteiger partial charge on any atom is -0.497 e. The first-order chi connectivity index (χ1) is 17.9. The number of methoxy groups -OCH3 is 1. The predicted molar refractivity (Wildman–Crippen MR) is 155 cm³/mol. The Kier molecular flexibility index (Phi) is 8.19. The van der Waals surface area contributed by atoms with E-state index in [4.69, 9.17) is 27.9 Å². The summed E-state index contributed by atoms with van der Waals surface area (Å²) in [7, 11) is -2.40. The van der Waals surface area contributed by atoms with Crippen LogP contribution in [0.2, 0.25) is 10.0 Å². The van der Waals surface area contributed by atoms with Gasteiger partial charge in [0.25, 0.3) is 15.9 Å². The van der Waals surface area contributed by atoms with Crippen LogP contribution in [0.3, 0.4) is 0 Å². The second-order valence-corrected chi connectivity index (χ2v) is 12.2. The molecule has 0 amide bonds. The highest BCUT2D eigenvalue weighted by Crippen LogP contribution is 2.49. The van der Waals surface area contributed by atoms with E-state index in [2.05, 4.69) is 53.9 Å². The quantitative estimate of drug-likeness (QED) is 0.239. The molecular weight excluding hydrogens is 545 g/mol. The molecule has 2 heterocycles. The number of hydrogen-bond acceptors (Lipinski definition) is 4. The third-order valence-electron chi connectivity index (χ3n) is 7.17. The van der Waals surface area contributed by atoms with E-state index >= 15 is 0 Å². The monoisotopic (exact) mass is 578 g/mol. The summed E-state index contributed by atoms with van der Waals surface area (Å²) in [5.74, 6) is 1.49. The Bertz CT molecular complexity index is 1490. The number of halogens is 2. The topological polar surface area (TPSA) is 75.7 Å². The molecule has 0 spiro atoms. The van der Waals surface area contributed by atoms with Crippen molar-refractivity contribution in [1.82, 2.24) is 4.57 Å². The number of aryl methyl sites for hydroxylation is 2. The van der Waals surface area contributed by atoms with E-state index in [9.17, 15) is 13.0 Å². The number of benzene rings is 2. The fraction of sp³-hybridized carbons (Fsp3) is 0.393. The Morgan fingerprint density at radius 2 is 1.84 bits per heavy atom. The highest BCUT2D eigenvalue weighted by molar-refractivity contribution is 7.85.